The van der Waals surface area contributed by atoms with Gasteiger partial charge in [0.2, 0.25) is 0 Å². The molecule has 0 rings (SSSR count). The molecule has 0 aromatic heterocycles. The van der Waals surface area contributed by atoms with Crippen molar-refractivity contribution in [2.24, 2.45) is 0 Å². The predicted octanol–water partition coefficient (Wildman–Crippen LogP) is 2.64. The maximum atomic E-state index is 11.3. The normalized spacial score (nSPS) is 9.77. The number of alkyl halides is 1. The first kappa shape index (κ1) is 12.8. The van der Waals surface area contributed by atoms with Crippen molar-refractivity contribution >= 4 is 22.0 Å². The molecular formula is C9H18BrNO2. The maximum absolute atomic E-state index is 11.3. The number of halogens is 1. The molecule has 0 saturated carbocycles. The molecule has 0 fully saturated rings. The SMILES string of the molecule is CCN(CC)C(=O)OCCCCBr. The summed E-state index contributed by atoms with van der Waals surface area (Å²) in [6.45, 7) is 5.86. The van der Waals surface area contributed by atoms with Gasteiger partial charge in [0.15, 0.2) is 0 Å². The van der Waals surface area contributed by atoms with Crippen molar-refractivity contribution < 1.29 is 9.53 Å². The first-order valence-corrected chi connectivity index (χ1v) is 5.86. The Labute approximate surface area is 88.6 Å². The van der Waals surface area contributed by atoms with Gasteiger partial charge in [-0.2, -0.15) is 0 Å². The number of carbonyl (C=O) groups is 1. The second-order valence-corrected chi connectivity index (χ2v) is 3.48. The first-order chi connectivity index (χ1) is 6.26. The number of hydrogen-bond donors (Lipinski definition) is 0. The Balaban J connectivity index is 3.48. The zero-order chi connectivity index (χ0) is 10.1. The van der Waals surface area contributed by atoms with Crippen LogP contribution in [0, 0.1) is 0 Å². The number of ether oxygens (including phenoxy) is 1. The van der Waals surface area contributed by atoms with E-state index in [0.717, 1.165) is 18.2 Å². The van der Waals surface area contributed by atoms with E-state index >= 15 is 0 Å². The first-order valence-electron chi connectivity index (χ1n) is 4.73. The van der Waals surface area contributed by atoms with Gasteiger partial charge >= 0.3 is 6.09 Å². The van der Waals surface area contributed by atoms with Gasteiger partial charge in [0.05, 0.1) is 6.61 Å². The summed E-state index contributed by atoms with van der Waals surface area (Å²) in [4.78, 5) is 12.9. The third-order valence-corrected chi connectivity index (χ3v) is 2.34. The van der Waals surface area contributed by atoms with Crippen LogP contribution in [0.4, 0.5) is 4.79 Å². The van der Waals surface area contributed by atoms with E-state index in [1.807, 2.05) is 13.8 Å². The molecular weight excluding hydrogens is 234 g/mol. The van der Waals surface area contributed by atoms with E-state index in [2.05, 4.69) is 15.9 Å². The highest BCUT2D eigenvalue weighted by Gasteiger charge is 2.09. The summed E-state index contributed by atoms with van der Waals surface area (Å²) in [5.41, 5.74) is 0. The van der Waals surface area contributed by atoms with Gasteiger partial charge in [0.25, 0.3) is 0 Å². The van der Waals surface area contributed by atoms with Crippen molar-refractivity contribution in [2.45, 2.75) is 26.7 Å². The van der Waals surface area contributed by atoms with E-state index in [-0.39, 0.29) is 6.09 Å². The topological polar surface area (TPSA) is 29.5 Å². The molecule has 0 saturated heterocycles. The molecule has 0 atom stereocenters. The quantitative estimate of drug-likeness (QED) is 0.537. The molecule has 0 aliphatic heterocycles. The fourth-order valence-corrected chi connectivity index (χ4v) is 1.33. The van der Waals surface area contributed by atoms with Crippen molar-refractivity contribution in [3.8, 4) is 0 Å². The fourth-order valence-electron chi connectivity index (χ4n) is 0.929. The molecule has 0 bridgehead atoms. The van der Waals surface area contributed by atoms with Crippen LogP contribution in [0.3, 0.4) is 0 Å². The lowest BCUT2D eigenvalue weighted by Crippen LogP contribution is -2.31. The monoisotopic (exact) mass is 251 g/mol. The lowest BCUT2D eigenvalue weighted by molar-refractivity contribution is 0.105. The largest absolute Gasteiger partial charge is 0.449 e. The molecule has 0 radical (unpaired) electrons. The predicted molar refractivity (Wildman–Crippen MR) is 57.3 cm³/mol. The van der Waals surface area contributed by atoms with E-state index in [1.165, 1.54) is 0 Å². The van der Waals surface area contributed by atoms with Crippen LogP contribution in [0.15, 0.2) is 0 Å². The minimum Gasteiger partial charge on any atom is -0.449 e. The van der Waals surface area contributed by atoms with Gasteiger partial charge in [0, 0.05) is 18.4 Å². The summed E-state index contributed by atoms with van der Waals surface area (Å²) >= 11 is 3.32. The van der Waals surface area contributed by atoms with Gasteiger partial charge in [-0.05, 0) is 26.7 Å². The van der Waals surface area contributed by atoms with Crippen molar-refractivity contribution in [1.29, 1.82) is 0 Å². The van der Waals surface area contributed by atoms with Crippen LogP contribution < -0.4 is 0 Å². The van der Waals surface area contributed by atoms with E-state index < -0.39 is 0 Å². The van der Waals surface area contributed by atoms with Gasteiger partial charge in [-0.3, -0.25) is 0 Å². The third kappa shape index (κ3) is 5.91. The lowest BCUT2D eigenvalue weighted by atomic mass is 10.4. The summed E-state index contributed by atoms with van der Waals surface area (Å²) in [5, 5.41) is 0.968. The molecule has 0 aromatic rings. The van der Waals surface area contributed by atoms with E-state index in [0.29, 0.717) is 19.7 Å². The van der Waals surface area contributed by atoms with Gasteiger partial charge < -0.3 is 9.64 Å². The Morgan fingerprint density at radius 2 is 1.92 bits per heavy atom. The van der Waals surface area contributed by atoms with Crippen molar-refractivity contribution in [3.05, 3.63) is 0 Å². The number of amides is 1. The summed E-state index contributed by atoms with van der Waals surface area (Å²) in [5.74, 6) is 0. The average molecular weight is 252 g/mol. The number of rotatable bonds is 6. The van der Waals surface area contributed by atoms with Crippen LogP contribution >= 0.6 is 15.9 Å². The van der Waals surface area contributed by atoms with Crippen LogP contribution in [0.2, 0.25) is 0 Å². The zero-order valence-electron chi connectivity index (χ0n) is 8.38. The Kier molecular flexibility index (Phi) is 8.19. The minimum atomic E-state index is -0.195. The zero-order valence-corrected chi connectivity index (χ0v) is 9.97. The van der Waals surface area contributed by atoms with Gasteiger partial charge in [-0.1, -0.05) is 15.9 Å². The molecule has 13 heavy (non-hydrogen) atoms. The molecule has 0 spiro atoms. The minimum absolute atomic E-state index is 0.195. The molecule has 0 unspecified atom stereocenters. The Morgan fingerprint density at radius 1 is 1.31 bits per heavy atom. The highest BCUT2D eigenvalue weighted by atomic mass is 79.9. The molecule has 0 heterocycles. The van der Waals surface area contributed by atoms with Crippen molar-refractivity contribution in [2.75, 3.05) is 25.0 Å². The fraction of sp³-hybridized carbons (Fsp3) is 0.889. The van der Waals surface area contributed by atoms with Crippen LogP contribution in [0.1, 0.15) is 26.7 Å². The van der Waals surface area contributed by atoms with Gasteiger partial charge in [0.1, 0.15) is 0 Å². The molecule has 4 heteroatoms. The van der Waals surface area contributed by atoms with E-state index in [1.54, 1.807) is 4.90 Å². The Bertz CT molecular complexity index is 138. The standard InChI is InChI=1S/C9H18BrNO2/c1-3-11(4-2)9(12)13-8-6-5-7-10/h3-8H2,1-2H3. The van der Waals surface area contributed by atoms with Crippen LogP contribution in [0.5, 0.6) is 0 Å². The van der Waals surface area contributed by atoms with Gasteiger partial charge in [-0.15, -0.1) is 0 Å². The third-order valence-electron chi connectivity index (χ3n) is 1.78. The summed E-state index contributed by atoms with van der Waals surface area (Å²) < 4.78 is 5.05. The molecule has 0 N–H and O–H groups in total. The number of nitrogens with zero attached hydrogens (tertiary/aromatic N) is 1. The number of hydrogen-bond acceptors (Lipinski definition) is 2. The molecule has 3 nitrogen and oxygen atoms in total. The summed E-state index contributed by atoms with van der Waals surface area (Å²) in [7, 11) is 0. The smallest absolute Gasteiger partial charge is 0.409 e. The Morgan fingerprint density at radius 3 is 2.38 bits per heavy atom. The van der Waals surface area contributed by atoms with Crippen molar-refractivity contribution in [3.63, 3.8) is 0 Å². The Hall–Kier alpha value is -0.250. The van der Waals surface area contributed by atoms with Crippen LogP contribution in [-0.2, 0) is 4.74 Å². The summed E-state index contributed by atoms with van der Waals surface area (Å²) in [6.07, 6.45) is 1.78. The molecule has 0 aromatic carbocycles. The van der Waals surface area contributed by atoms with Crippen molar-refractivity contribution in [1.82, 2.24) is 4.90 Å². The average Bonchev–Trinajstić information content (AvgIpc) is 2.14. The molecule has 0 aliphatic rings. The number of carbonyl (C=O) groups excluding carboxylic acids is 1. The van der Waals surface area contributed by atoms with E-state index in [4.69, 9.17) is 4.74 Å². The molecule has 1 amide bonds. The summed E-state index contributed by atoms with van der Waals surface area (Å²) in [6, 6.07) is 0. The highest BCUT2D eigenvalue weighted by Crippen LogP contribution is 1.98. The van der Waals surface area contributed by atoms with Crippen LogP contribution in [0.25, 0.3) is 0 Å². The number of unbranched alkanes of at least 4 members (excludes halogenated alkanes) is 1. The molecule has 0 aliphatic carbocycles. The maximum Gasteiger partial charge on any atom is 0.409 e. The second kappa shape index (κ2) is 8.35. The lowest BCUT2D eigenvalue weighted by Gasteiger charge is -2.17. The second-order valence-electron chi connectivity index (χ2n) is 2.68. The molecule has 78 valence electrons. The van der Waals surface area contributed by atoms with Crippen LogP contribution in [-0.4, -0.2) is 36.0 Å². The van der Waals surface area contributed by atoms with E-state index in [9.17, 15) is 4.79 Å². The highest BCUT2D eigenvalue weighted by molar-refractivity contribution is 9.09. The van der Waals surface area contributed by atoms with Gasteiger partial charge in [-0.25, -0.2) is 4.79 Å².